The highest BCUT2D eigenvalue weighted by atomic mass is 32.1. The zero-order valence-electron chi connectivity index (χ0n) is 17.6. The molecule has 0 radical (unpaired) electrons. The Hall–Kier alpha value is -2.60. The van der Waals surface area contributed by atoms with Crippen molar-refractivity contribution >= 4 is 28.9 Å². The van der Waals surface area contributed by atoms with Crippen molar-refractivity contribution in [3.05, 3.63) is 59.7 Å². The van der Waals surface area contributed by atoms with Gasteiger partial charge in [0.1, 0.15) is 11.4 Å². The van der Waals surface area contributed by atoms with E-state index in [9.17, 15) is 4.79 Å². The normalized spacial score (nSPS) is 19.9. The van der Waals surface area contributed by atoms with Crippen molar-refractivity contribution in [1.29, 1.82) is 0 Å². The molecule has 6 heteroatoms. The number of thiocarbonyl (C=S) groups is 1. The molecule has 2 aromatic rings. The summed E-state index contributed by atoms with van der Waals surface area (Å²) in [5.74, 6) is 1.01. The van der Waals surface area contributed by atoms with Crippen molar-refractivity contribution in [2.75, 3.05) is 18.4 Å². The first-order chi connectivity index (χ1) is 14.4. The van der Waals surface area contributed by atoms with E-state index < -0.39 is 0 Å². The van der Waals surface area contributed by atoms with Gasteiger partial charge >= 0.3 is 0 Å². The standard InChI is InChI=1S/C24H29N3O2S/c1-24(2)16-20(19-8-4-5-9-21(19)29-24)26-23(30)25-18-12-10-17(11-13-18)22(28)27-14-6-3-7-15-27/h4-5,8-13,20H,3,6-7,14-16H2,1-2H3,(H2,25,26,30)/t20-/m1/s1. The van der Waals surface area contributed by atoms with E-state index in [1.807, 2.05) is 47.4 Å². The molecule has 0 spiro atoms. The second-order valence-electron chi connectivity index (χ2n) is 8.68. The number of nitrogens with zero attached hydrogens (tertiary/aromatic N) is 1. The van der Waals surface area contributed by atoms with Crippen molar-refractivity contribution < 1.29 is 9.53 Å². The maximum absolute atomic E-state index is 12.6. The van der Waals surface area contributed by atoms with Gasteiger partial charge in [-0.05, 0) is 75.7 Å². The largest absolute Gasteiger partial charge is 0.487 e. The fourth-order valence-corrected chi connectivity index (χ4v) is 4.49. The van der Waals surface area contributed by atoms with Crippen LogP contribution in [0.2, 0.25) is 0 Å². The molecular formula is C24H29N3O2S. The fourth-order valence-electron chi connectivity index (χ4n) is 4.23. The number of carbonyl (C=O) groups excluding carboxylic acids is 1. The number of nitrogens with one attached hydrogen (secondary N) is 2. The molecule has 1 atom stereocenters. The predicted octanol–water partition coefficient (Wildman–Crippen LogP) is 4.90. The van der Waals surface area contributed by atoms with E-state index in [-0.39, 0.29) is 17.6 Å². The minimum absolute atomic E-state index is 0.0740. The summed E-state index contributed by atoms with van der Waals surface area (Å²) in [5, 5.41) is 7.24. The van der Waals surface area contributed by atoms with Crippen LogP contribution in [0.25, 0.3) is 0 Å². The van der Waals surface area contributed by atoms with Crippen LogP contribution in [0, 0.1) is 0 Å². The number of likely N-dealkylation sites (tertiary alicyclic amines) is 1. The molecular weight excluding hydrogens is 394 g/mol. The number of ether oxygens (including phenoxy) is 1. The van der Waals surface area contributed by atoms with Gasteiger partial charge in [-0.1, -0.05) is 18.2 Å². The van der Waals surface area contributed by atoms with Gasteiger partial charge < -0.3 is 20.3 Å². The summed E-state index contributed by atoms with van der Waals surface area (Å²) in [5.41, 5.74) is 2.44. The molecule has 1 saturated heterocycles. The fraction of sp³-hybridized carbons (Fsp3) is 0.417. The molecule has 158 valence electrons. The van der Waals surface area contributed by atoms with E-state index >= 15 is 0 Å². The minimum atomic E-state index is -0.266. The van der Waals surface area contributed by atoms with Gasteiger partial charge in [0.15, 0.2) is 5.11 Å². The Morgan fingerprint density at radius 2 is 1.77 bits per heavy atom. The molecule has 0 unspecified atom stereocenters. The summed E-state index contributed by atoms with van der Waals surface area (Å²) in [6.45, 7) is 5.89. The molecule has 2 heterocycles. The van der Waals surface area contributed by atoms with Crippen molar-refractivity contribution in [2.24, 2.45) is 0 Å². The van der Waals surface area contributed by atoms with Gasteiger partial charge in [0.05, 0.1) is 6.04 Å². The van der Waals surface area contributed by atoms with Gasteiger partial charge in [-0.25, -0.2) is 0 Å². The smallest absolute Gasteiger partial charge is 0.253 e. The van der Waals surface area contributed by atoms with Crippen LogP contribution in [0.1, 0.15) is 61.5 Å². The first-order valence-electron chi connectivity index (χ1n) is 10.7. The molecule has 2 aliphatic heterocycles. The van der Waals surface area contributed by atoms with Gasteiger partial charge in [0.25, 0.3) is 5.91 Å². The molecule has 0 aromatic heterocycles. The number of amides is 1. The maximum Gasteiger partial charge on any atom is 0.253 e. The average Bonchev–Trinajstić information content (AvgIpc) is 2.73. The van der Waals surface area contributed by atoms with Crippen LogP contribution in [0.15, 0.2) is 48.5 Å². The van der Waals surface area contributed by atoms with Crippen LogP contribution in [0.3, 0.4) is 0 Å². The van der Waals surface area contributed by atoms with Gasteiger partial charge in [0.2, 0.25) is 0 Å². The molecule has 1 amide bonds. The molecule has 5 nitrogen and oxygen atoms in total. The number of hydrogen-bond acceptors (Lipinski definition) is 3. The summed E-state index contributed by atoms with van der Waals surface area (Å²) >= 11 is 5.57. The molecule has 0 aliphatic carbocycles. The Labute approximate surface area is 183 Å². The molecule has 30 heavy (non-hydrogen) atoms. The van der Waals surface area contributed by atoms with E-state index in [1.54, 1.807) is 0 Å². The topological polar surface area (TPSA) is 53.6 Å². The number of benzene rings is 2. The third-order valence-electron chi connectivity index (χ3n) is 5.71. The monoisotopic (exact) mass is 423 g/mol. The third kappa shape index (κ3) is 4.75. The maximum atomic E-state index is 12.6. The molecule has 2 aliphatic rings. The minimum Gasteiger partial charge on any atom is -0.487 e. The summed E-state index contributed by atoms with van der Waals surface area (Å²) < 4.78 is 6.10. The first-order valence-corrected chi connectivity index (χ1v) is 11.1. The number of piperidine rings is 1. The lowest BCUT2D eigenvalue weighted by molar-refractivity contribution is 0.0696. The van der Waals surface area contributed by atoms with E-state index in [1.165, 1.54) is 6.42 Å². The van der Waals surface area contributed by atoms with Crippen molar-refractivity contribution in [3.63, 3.8) is 0 Å². The highest BCUT2D eigenvalue weighted by Gasteiger charge is 2.33. The van der Waals surface area contributed by atoms with Crippen molar-refractivity contribution in [3.8, 4) is 5.75 Å². The predicted molar refractivity (Wildman–Crippen MR) is 124 cm³/mol. The number of para-hydroxylation sites is 1. The zero-order valence-corrected chi connectivity index (χ0v) is 18.4. The van der Waals surface area contributed by atoms with Crippen LogP contribution in [0.4, 0.5) is 5.69 Å². The van der Waals surface area contributed by atoms with Crippen molar-refractivity contribution in [1.82, 2.24) is 10.2 Å². The lowest BCUT2D eigenvalue weighted by Crippen LogP contribution is -2.42. The SMILES string of the molecule is CC1(C)C[C@@H](NC(=S)Nc2ccc(C(=O)N3CCCCC3)cc2)c2ccccc2O1. The number of hydrogen-bond donors (Lipinski definition) is 2. The van der Waals surface area contributed by atoms with Gasteiger partial charge in [-0.15, -0.1) is 0 Å². The van der Waals surface area contributed by atoms with Crippen LogP contribution in [-0.2, 0) is 0 Å². The summed E-state index contributed by atoms with van der Waals surface area (Å²) in [4.78, 5) is 14.6. The Morgan fingerprint density at radius 1 is 1.07 bits per heavy atom. The molecule has 1 fully saturated rings. The Bertz CT molecular complexity index is 920. The molecule has 4 rings (SSSR count). The van der Waals surface area contributed by atoms with Gasteiger partial charge in [-0.3, -0.25) is 4.79 Å². The highest BCUT2D eigenvalue weighted by molar-refractivity contribution is 7.80. The summed E-state index contributed by atoms with van der Waals surface area (Å²) in [6, 6.07) is 15.7. The van der Waals surface area contributed by atoms with Crippen LogP contribution in [-0.4, -0.2) is 34.6 Å². The van der Waals surface area contributed by atoms with Gasteiger partial charge in [-0.2, -0.15) is 0 Å². The lowest BCUT2D eigenvalue weighted by Gasteiger charge is -2.38. The molecule has 2 aromatic carbocycles. The van der Waals surface area contributed by atoms with Crippen molar-refractivity contribution in [2.45, 2.75) is 51.2 Å². The number of carbonyl (C=O) groups is 1. The molecule has 0 saturated carbocycles. The van der Waals surface area contributed by atoms with Gasteiger partial charge in [0, 0.05) is 36.3 Å². The average molecular weight is 424 g/mol. The third-order valence-corrected chi connectivity index (χ3v) is 5.93. The molecule has 2 N–H and O–H groups in total. The Morgan fingerprint density at radius 3 is 2.50 bits per heavy atom. The molecule has 0 bridgehead atoms. The Balaban J connectivity index is 1.39. The second-order valence-corrected chi connectivity index (χ2v) is 9.09. The zero-order chi connectivity index (χ0) is 21.1. The highest BCUT2D eigenvalue weighted by Crippen LogP contribution is 2.39. The quantitative estimate of drug-likeness (QED) is 0.688. The Kier molecular flexibility index (Phi) is 5.95. The number of anilines is 1. The van der Waals surface area contributed by atoms with Crippen LogP contribution >= 0.6 is 12.2 Å². The number of rotatable bonds is 3. The van der Waals surface area contributed by atoms with E-state index in [2.05, 4.69) is 30.5 Å². The lowest BCUT2D eigenvalue weighted by atomic mass is 9.90. The van der Waals surface area contributed by atoms with Crippen LogP contribution in [0.5, 0.6) is 5.75 Å². The second kappa shape index (κ2) is 8.64. The van der Waals surface area contributed by atoms with E-state index in [0.717, 1.165) is 54.9 Å². The van der Waals surface area contributed by atoms with E-state index in [4.69, 9.17) is 17.0 Å². The summed E-state index contributed by atoms with van der Waals surface area (Å²) in [6.07, 6.45) is 4.22. The van der Waals surface area contributed by atoms with Crippen LogP contribution < -0.4 is 15.4 Å². The summed E-state index contributed by atoms with van der Waals surface area (Å²) in [7, 11) is 0. The van der Waals surface area contributed by atoms with E-state index in [0.29, 0.717) is 5.11 Å². The first kappa shape index (κ1) is 20.7. The number of fused-ring (bicyclic) bond motifs is 1.